The molecule has 0 bridgehead atoms. The molecule has 0 aliphatic rings. The van der Waals surface area contributed by atoms with Gasteiger partial charge < -0.3 is 9.47 Å². The van der Waals surface area contributed by atoms with E-state index in [9.17, 15) is 9.18 Å². The minimum absolute atomic E-state index is 0.228. The van der Waals surface area contributed by atoms with E-state index in [-0.39, 0.29) is 23.8 Å². The number of benzene rings is 1. The minimum Gasteiger partial charge on any atom is -0.466 e. The Balaban J connectivity index is 2.78. The molecule has 0 aromatic heterocycles. The van der Waals surface area contributed by atoms with E-state index in [1.54, 1.807) is 19.1 Å². The molecule has 19 heavy (non-hydrogen) atoms. The molecule has 0 amide bonds. The third-order valence-electron chi connectivity index (χ3n) is 2.95. The van der Waals surface area contributed by atoms with Crippen LogP contribution in [0.1, 0.15) is 26.3 Å². The zero-order valence-electron chi connectivity index (χ0n) is 11.7. The van der Waals surface area contributed by atoms with E-state index in [0.717, 1.165) is 5.56 Å². The van der Waals surface area contributed by atoms with E-state index < -0.39 is 0 Å². The molecule has 0 radical (unpaired) electrons. The molecular weight excluding hydrogens is 247 g/mol. The summed E-state index contributed by atoms with van der Waals surface area (Å²) in [5.41, 5.74) is 0.894. The Kier molecular flexibility index (Phi) is 6.50. The molecule has 4 heteroatoms. The van der Waals surface area contributed by atoms with Crippen LogP contribution >= 0.6 is 0 Å². The summed E-state index contributed by atoms with van der Waals surface area (Å²) in [4.78, 5) is 12.0. The van der Waals surface area contributed by atoms with Crippen LogP contribution in [0.25, 0.3) is 0 Å². The normalized spacial score (nSPS) is 13.9. The van der Waals surface area contributed by atoms with Gasteiger partial charge >= 0.3 is 5.97 Å². The number of rotatable bonds is 7. The van der Waals surface area contributed by atoms with E-state index in [0.29, 0.717) is 19.6 Å². The maximum absolute atomic E-state index is 12.9. The summed E-state index contributed by atoms with van der Waals surface area (Å²) in [6.07, 6.45) is 0.259. The Hall–Kier alpha value is -1.42. The van der Waals surface area contributed by atoms with Crippen LogP contribution in [0.15, 0.2) is 24.3 Å². The molecule has 1 aromatic carbocycles. The summed E-state index contributed by atoms with van der Waals surface area (Å²) < 4.78 is 23.4. The van der Waals surface area contributed by atoms with Crippen LogP contribution in [-0.2, 0) is 20.7 Å². The van der Waals surface area contributed by atoms with Crippen molar-refractivity contribution in [1.29, 1.82) is 0 Å². The highest BCUT2D eigenvalue weighted by Gasteiger charge is 2.27. The second-order valence-corrected chi connectivity index (χ2v) is 4.35. The van der Waals surface area contributed by atoms with Gasteiger partial charge in [-0.25, -0.2) is 4.39 Å². The van der Waals surface area contributed by atoms with Crippen molar-refractivity contribution in [2.24, 2.45) is 5.92 Å². The lowest BCUT2D eigenvalue weighted by Crippen LogP contribution is -2.32. The first kappa shape index (κ1) is 15.6. The monoisotopic (exact) mass is 268 g/mol. The Morgan fingerprint density at radius 1 is 1.21 bits per heavy atom. The average molecular weight is 268 g/mol. The van der Waals surface area contributed by atoms with Crippen LogP contribution < -0.4 is 0 Å². The van der Waals surface area contributed by atoms with Gasteiger partial charge in [0, 0.05) is 6.61 Å². The maximum Gasteiger partial charge on any atom is 0.311 e. The van der Waals surface area contributed by atoms with Crippen LogP contribution in [0.5, 0.6) is 0 Å². The van der Waals surface area contributed by atoms with Crippen molar-refractivity contribution in [3.63, 3.8) is 0 Å². The molecule has 106 valence electrons. The predicted octanol–water partition coefficient (Wildman–Crippen LogP) is 2.97. The lowest BCUT2D eigenvalue weighted by atomic mass is 9.94. The van der Waals surface area contributed by atoms with Crippen LogP contribution in [-0.4, -0.2) is 25.3 Å². The van der Waals surface area contributed by atoms with Gasteiger partial charge in [-0.2, -0.15) is 0 Å². The fraction of sp³-hybridized carbons (Fsp3) is 0.533. The highest BCUT2D eigenvalue weighted by atomic mass is 19.1. The Bertz CT molecular complexity index is 389. The van der Waals surface area contributed by atoms with Crippen LogP contribution in [0.4, 0.5) is 4.39 Å². The van der Waals surface area contributed by atoms with Gasteiger partial charge in [0.05, 0.1) is 18.6 Å². The molecule has 0 saturated carbocycles. The number of ether oxygens (including phenoxy) is 2. The molecule has 1 aromatic rings. The van der Waals surface area contributed by atoms with E-state index in [1.807, 2.05) is 13.8 Å². The molecule has 0 fully saturated rings. The average Bonchev–Trinajstić information content (AvgIpc) is 2.38. The maximum atomic E-state index is 12.9. The quantitative estimate of drug-likeness (QED) is 0.713. The Morgan fingerprint density at radius 3 is 2.37 bits per heavy atom. The van der Waals surface area contributed by atoms with Crippen molar-refractivity contribution >= 4 is 5.97 Å². The number of hydrogen-bond donors (Lipinski definition) is 0. The van der Waals surface area contributed by atoms with Gasteiger partial charge in [0.25, 0.3) is 0 Å². The number of carbonyl (C=O) groups is 1. The van der Waals surface area contributed by atoms with Crippen LogP contribution in [0, 0.1) is 11.7 Å². The molecule has 1 rings (SSSR count). The standard InChI is InChI=1S/C15H21FO3/c1-4-18-11(3)14(15(17)19-5-2)10-12-6-8-13(16)9-7-12/h6-9,11,14H,4-5,10H2,1-3H3. The van der Waals surface area contributed by atoms with Gasteiger partial charge in [0.2, 0.25) is 0 Å². The molecule has 0 saturated heterocycles. The highest BCUT2D eigenvalue weighted by molar-refractivity contribution is 5.73. The smallest absolute Gasteiger partial charge is 0.311 e. The van der Waals surface area contributed by atoms with Crippen LogP contribution in [0.3, 0.4) is 0 Å². The van der Waals surface area contributed by atoms with Gasteiger partial charge in [0.1, 0.15) is 5.82 Å². The SMILES string of the molecule is CCOC(=O)C(Cc1ccc(F)cc1)C(C)OCC. The van der Waals surface area contributed by atoms with Crippen molar-refractivity contribution in [3.05, 3.63) is 35.6 Å². The zero-order valence-corrected chi connectivity index (χ0v) is 11.7. The van der Waals surface area contributed by atoms with Gasteiger partial charge in [-0.05, 0) is 44.9 Å². The van der Waals surface area contributed by atoms with E-state index >= 15 is 0 Å². The third-order valence-corrected chi connectivity index (χ3v) is 2.95. The summed E-state index contributed by atoms with van der Waals surface area (Å²) >= 11 is 0. The summed E-state index contributed by atoms with van der Waals surface area (Å²) in [7, 11) is 0. The van der Waals surface area contributed by atoms with Crippen molar-refractivity contribution in [2.45, 2.75) is 33.3 Å². The molecular formula is C15H21FO3. The Labute approximate surface area is 113 Å². The van der Waals surface area contributed by atoms with Crippen molar-refractivity contribution in [3.8, 4) is 0 Å². The highest BCUT2D eigenvalue weighted by Crippen LogP contribution is 2.17. The number of halogens is 1. The first-order valence-electron chi connectivity index (χ1n) is 6.61. The topological polar surface area (TPSA) is 35.5 Å². The van der Waals surface area contributed by atoms with Crippen molar-refractivity contribution in [1.82, 2.24) is 0 Å². The molecule has 0 spiro atoms. The summed E-state index contributed by atoms with van der Waals surface area (Å²) in [6, 6.07) is 6.15. The second-order valence-electron chi connectivity index (χ2n) is 4.35. The molecule has 0 aliphatic heterocycles. The zero-order chi connectivity index (χ0) is 14.3. The number of hydrogen-bond acceptors (Lipinski definition) is 3. The van der Waals surface area contributed by atoms with Crippen LogP contribution in [0.2, 0.25) is 0 Å². The van der Waals surface area contributed by atoms with Gasteiger partial charge in [0.15, 0.2) is 0 Å². The van der Waals surface area contributed by atoms with Gasteiger partial charge in [-0.15, -0.1) is 0 Å². The second kappa shape index (κ2) is 7.89. The fourth-order valence-corrected chi connectivity index (χ4v) is 1.94. The molecule has 3 nitrogen and oxygen atoms in total. The molecule has 2 unspecified atom stereocenters. The molecule has 0 heterocycles. The lowest BCUT2D eigenvalue weighted by Gasteiger charge is -2.22. The number of esters is 1. The summed E-state index contributed by atoms with van der Waals surface area (Å²) in [6.45, 7) is 6.40. The Morgan fingerprint density at radius 2 is 1.84 bits per heavy atom. The minimum atomic E-state index is -0.370. The summed E-state index contributed by atoms with van der Waals surface area (Å²) in [5, 5.41) is 0. The lowest BCUT2D eigenvalue weighted by molar-refractivity contribution is -0.153. The number of carbonyl (C=O) groups excluding carboxylic acids is 1. The first-order valence-corrected chi connectivity index (χ1v) is 6.61. The van der Waals surface area contributed by atoms with Gasteiger partial charge in [-0.3, -0.25) is 4.79 Å². The summed E-state index contributed by atoms with van der Waals surface area (Å²) in [5.74, 6) is -0.924. The molecule has 0 N–H and O–H groups in total. The predicted molar refractivity (Wildman–Crippen MR) is 71.3 cm³/mol. The largest absolute Gasteiger partial charge is 0.466 e. The van der Waals surface area contributed by atoms with E-state index in [1.165, 1.54) is 12.1 Å². The fourth-order valence-electron chi connectivity index (χ4n) is 1.94. The van der Waals surface area contributed by atoms with E-state index in [4.69, 9.17) is 9.47 Å². The molecule has 0 aliphatic carbocycles. The van der Waals surface area contributed by atoms with E-state index in [2.05, 4.69) is 0 Å². The van der Waals surface area contributed by atoms with Crippen molar-refractivity contribution < 1.29 is 18.7 Å². The third kappa shape index (κ3) is 4.99. The first-order chi connectivity index (χ1) is 9.08. The van der Waals surface area contributed by atoms with Gasteiger partial charge in [-0.1, -0.05) is 12.1 Å². The van der Waals surface area contributed by atoms with Crippen molar-refractivity contribution in [2.75, 3.05) is 13.2 Å². The molecule has 2 atom stereocenters.